The zero-order valence-corrected chi connectivity index (χ0v) is 9.67. The highest BCUT2D eigenvalue weighted by molar-refractivity contribution is 6.36. The summed E-state index contributed by atoms with van der Waals surface area (Å²) in [6, 6.07) is 2.53. The van der Waals surface area contributed by atoms with E-state index in [-0.39, 0.29) is 27.6 Å². The highest BCUT2D eigenvalue weighted by atomic mass is 35.5. The van der Waals surface area contributed by atoms with Crippen molar-refractivity contribution in [3.63, 3.8) is 0 Å². The molecular weight excluding hydrogens is 241 g/mol. The first-order valence-corrected chi connectivity index (χ1v) is 4.97. The van der Waals surface area contributed by atoms with Gasteiger partial charge in [0.1, 0.15) is 10.8 Å². The van der Waals surface area contributed by atoms with E-state index in [1.807, 2.05) is 0 Å². The fourth-order valence-corrected chi connectivity index (χ4v) is 1.50. The maximum atomic E-state index is 10.6. The monoisotopic (exact) mass is 249 g/mol. The maximum absolute atomic E-state index is 10.6. The molecule has 0 amide bonds. The van der Waals surface area contributed by atoms with Crippen LogP contribution in [0.2, 0.25) is 10.0 Å². The standard InChI is InChI=1S/C9H9Cl2NO3/c1-5(2)15-9-4-8(12(13)14)6(10)3-7(9)11/h3-5H,1-2H3. The highest BCUT2D eigenvalue weighted by Crippen LogP contribution is 2.35. The van der Waals surface area contributed by atoms with Gasteiger partial charge in [-0.05, 0) is 19.9 Å². The third-order valence-electron chi connectivity index (χ3n) is 1.56. The Morgan fingerprint density at radius 3 is 2.40 bits per heavy atom. The summed E-state index contributed by atoms with van der Waals surface area (Å²) >= 11 is 11.5. The Balaban J connectivity index is 3.17. The van der Waals surface area contributed by atoms with Crippen LogP contribution in [0.15, 0.2) is 12.1 Å². The number of hydrogen-bond acceptors (Lipinski definition) is 3. The predicted octanol–water partition coefficient (Wildman–Crippen LogP) is 3.69. The molecule has 1 aromatic rings. The number of rotatable bonds is 3. The Kier molecular flexibility index (Phi) is 3.77. The molecule has 0 saturated heterocycles. The van der Waals surface area contributed by atoms with Gasteiger partial charge in [0.15, 0.2) is 0 Å². The smallest absolute Gasteiger partial charge is 0.291 e. The lowest BCUT2D eigenvalue weighted by molar-refractivity contribution is -0.384. The molecule has 82 valence electrons. The molecule has 0 saturated carbocycles. The van der Waals surface area contributed by atoms with Gasteiger partial charge in [-0.15, -0.1) is 0 Å². The first-order chi connectivity index (χ1) is 6.91. The molecule has 1 aromatic carbocycles. The van der Waals surface area contributed by atoms with Gasteiger partial charge < -0.3 is 4.74 Å². The minimum absolute atomic E-state index is 0.00102. The lowest BCUT2D eigenvalue weighted by atomic mass is 10.3. The fourth-order valence-electron chi connectivity index (χ4n) is 1.00. The van der Waals surface area contributed by atoms with Crippen molar-refractivity contribution in [3.05, 3.63) is 32.3 Å². The van der Waals surface area contributed by atoms with Gasteiger partial charge in [0.2, 0.25) is 0 Å². The Labute approximate surface area is 96.9 Å². The summed E-state index contributed by atoms with van der Waals surface area (Å²) < 4.78 is 5.30. The molecule has 0 unspecified atom stereocenters. The van der Waals surface area contributed by atoms with Gasteiger partial charge in [-0.3, -0.25) is 10.1 Å². The van der Waals surface area contributed by atoms with Crippen LogP contribution in [0.4, 0.5) is 5.69 Å². The highest BCUT2D eigenvalue weighted by Gasteiger charge is 2.17. The summed E-state index contributed by atoms with van der Waals surface area (Å²) in [5.74, 6) is 0.266. The third-order valence-corrected chi connectivity index (χ3v) is 2.16. The van der Waals surface area contributed by atoms with Gasteiger partial charge in [-0.1, -0.05) is 23.2 Å². The minimum Gasteiger partial charge on any atom is -0.489 e. The van der Waals surface area contributed by atoms with Gasteiger partial charge in [0, 0.05) is 0 Å². The molecule has 1 rings (SSSR count). The number of hydrogen-bond donors (Lipinski definition) is 0. The Morgan fingerprint density at radius 2 is 1.93 bits per heavy atom. The molecule has 0 heterocycles. The molecular formula is C9H9Cl2NO3. The van der Waals surface area contributed by atoms with Crippen LogP contribution >= 0.6 is 23.2 Å². The Bertz CT molecular complexity index is 393. The number of ether oxygens (including phenoxy) is 1. The Morgan fingerprint density at radius 1 is 1.33 bits per heavy atom. The average Bonchev–Trinajstić information content (AvgIpc) is 2.08. The third kappa shape index (κ3) is 2.97. The van der Waals surface area contributed by atoms with E-state index in [0.717, 1.165) is 0 Å². The van der Waals surface area contributed by atoms with Crippen LogP contribution in [0.25, 0.3) is 0 Å². The van der Waals surface area contributed by atoms with E-state index in [2.05, 4.69) is 0 Å². The van der Waals surface area contributed by atoms with Gasteiger partial charge in [-0.25, -0.2) is 0 Å². The van der Waals surface area contributed by atoms with Gasteiger partial charge in [0.05, 0.1) is 22.1 Å². The van der Waals surface area contributed by atoms with E-state index in [1.54, 1.807) is 13.8 Å². The molecule has 0 spiro atoms. The quantitative estimate of drug-likeness (QED) is 0.607. The number of halogens is 2. The number of nitrogens with zero attached hydrogens (tertiary/aromatic N) is 1. The van der Waals surface area contributed by atoms with Crippen molar-refractivity contribution in [1.29, 1.82) is 0 Å². The molecule has 0 aromatic heterocycles. The molecule has 6 heteroatoms. The second kappa shape index (κ2) is 4.68. The van der Waals surface area contributed by atoms with Gasteiger partial charge >= 0.3 is 0 Å². The van der Waals surface area contributed by atoms with Crippen molar-refractivity contribution in [2.45, 2.75) is 20.0 Å². The molecule has 0 atom stereocenters. The van der Waals surface area contributed by atoms with E-state index < -0.39 is 4.92 Å². The van der Waals surface area contributed by atoms with Crippen LogP contribution in [-0.2, 0) is 0 Å². The van der Waals surface area contributed by atoms with E-state index in [4.69, 9.17) is 27.9 Å². The van der Waals surface area contributed by atoms with Crippen LogP contribution in [0.5, 0.6) is 5.75 Å². The number of nitro groups is 1. The van der Waals surface area contributed by atoms with Crippen LogP contribution in [-0.4, -0.2) is 11.0 Å². The first-order valence-electron chi connectivity index (χ1n) is 4.22. The molecule has 0 aliphatic carbocycles. The van der Waals surface area contributed by atoms with Crippen LogP contribution in [0, 0.1) is 10.1 Å². The fraction of sp³-hybridized carbons (Fsp3) is 0.333. The van der Waals surface area contributed by atoms with Crippen LogP contribution < -0.4 is 4.74 Å². The Hall–Kier alpha value is -1.000. The van der Waals surface area contributed by atoms with Gasteiger partial charge in [-0.2, -0.15) is 0 Å². The predicted molar refractivity (Wildman–Crippen MR) is 58.9 cm³/mol. The minimum atomic E-state index is -0.578. The van der Waals surface area contributed by atoms with Crippen molar-refractivity contribution in [3.8, 4) is 5.75 Å². The van der Waals surface area contributed by atoms with Crippen molar-refractivity contribution < 1.29 is 9.66 Å². The molecule has 0 radical (unpaired) electrons. The zero-order valence-electron chi connectivity index (χ0n) is 8.16. The second-order valence-corrected chi connectivity index (χ2v) is 3.97. The molecule has 0 bridgehead atoms. The summed E-state index contributed by atoms with van der Waals surface area (Å²) in [6.45, 7) is 3.60. The zero-order chi connectivity index (χ0) is 11.6. The van der Waals surface area contributed by atoms with Crippen LogP contribution in [0.1, 0.15) is 13.8 Å². The van der Waals surface area contributed by atoms with Crippen molar-refractivity contribution in [1.82, 2.24) is 0 Å². The largest absolute Gasteiger partial charge is 0.489 e. The molecule has 0 fully saturated rings. The summed E-state index contributed by atoms with van der Waals surface area (Å²) in [6.07, 6.45) is -0.108. The summed E-state index contributed by atoms with van der Waals surface area (Å²) in [4.78, 5) is 10.0. The van der Waals surface area contributed by atoms with Crippen molar-refractivity contribution in [2.75, 3.05) is 0 Å². The average molecular weight is 250 g/mol. The SMILES string of the molecule is CC(C)Oc1cc([N+](=O)[O-])c(Cl)cc1Cl. The molecule has 15 heavy (non-hydrogen) atoms. The van der Waals surface area contributed by atoms with E-state index in [9.17, 15) is 10.1 Å². The number of nitro benzene ring substituents is 1. The summed E-state index contributed by atoms with van der Waals surface area (Å²) in [5, 5.41) is 10.9. The van der Waals surface area contributed by atoms with Crippen LogP contribution in [0.3, 0.4) is 0 Å². The summed E-state index contributed by atoms with van der Waals surface area (Å²) in [5.41, 5.74) is -0.211. The molecule has 0 aliphatic heterocycles. The van der Waals surface area contributed by atoms with Crippen molar-refractivity contribution in [2.24, 2.45) is 0 Å². The maximum Gasteiger partial charge on any atom is 0.291 e. The topological polar surface area (TPSA) is 52.4 Å². The van der Waals surface area contributed by atoms with E-state index in [0.29, 0.717) is 0 Å². The molecule has 4 nitrogen and oxygen atoms in total. The molecule has 0 N–H and O–H groups in total. The lowest BCUT2D eigenvalue weighted by Crippen LogP contribution is -2.06. The lowest BCUT2D eigenvalue weighted by Gasteiger charge is -2.11. The van der Waals surface area contributed by atoms with Gasteiger partial charge in [0.25, 0.3) is 5.69 Å². The number of benzene rings is 1. The first kappa shape index (κ1) is 12.1. The summed E-state index contributed by atoms with van der Waals surface area (Å²) in [7, 11) is 0. The second-order valence-electron chi connectivity index (χ2n) is 3.16. The molecule has 0 aliphatic rings. The normalized spacial score (nSPS) is 10.5. The van der Waals surface area contributed by atoms with Crippen molar-refractivity contribution >= 4 is 28.9 Å². The van der Waals surface area contributed by atoms with E-state index >= 15 is 0 Å². The van der Waals surface area contributed by atoms with E-state index in [1.165, 1.54) is 12.1 Å².